The topological polar surface area (TPSA) is 496 Å². The second-order valence-electron chi connectivity index (χ2n) is 20.4. The Labute approximate surface area is 672 Å². The van der Waals surface area contributed by atoms with Gasteiger partial charge in [-0.1, -0.05) is 103 Å². The summed E-state index contributed by atoms with van der Waals surface area (Å²) in [7, 11) is -20.0. The van der Waals surface area contributed by atoms with Gasteiger partial charge in [0.15, 0.2) is 16.9 Å². The van der Waals surface area contributed by atoms with Gasteiger partial charge >= 0.3 is 88.7 Å². The van der Waals surface area contributed by atoms with Crippen LogP contribution in [0.5, 0.6) is 11.5 Å². The monoisotopic (exact) mass is 1610 g/mol. The molecule has 11 aromatic carbocycles. The molecule has 104 heavy (non-hydrogen) atoms. The largest absolute Gasteiger partial charge is 1.00 e. The fraction of sp³-hybridized carbons (Fsp3) is 0.0164. The predicted molar refractivity (Wildman–Crippen MR) is 371 cm³/mol. The Kier molecular flexibility index (Phi) is 29.9. The van der Waals surface area contributed by atoms with Crippen molar-refractivity contribution in [3.63, 3.8) is 0 Å². The number of fused-ring (bicyclic) bond motifs is 4. The van der Waals surface area contributed by atoms with Crippen molar-refractivity contribution in [3.05, 3.63) is 230 Å². The summed E-state index contributed by atoms with van der Waals surface area (Å²) in [5, 5.41) is 105. The normalized spacial score (nSPS) is 14.1. The maximum Gasteiger partial charge on any atom is 1.00 e. The van der Waals surface area contributed by atoms with Crippen LogP contribution >= 0.6 is 0 Å². The van der Waals surface area contributed by atoms with Crippen molar-refractivity contribution in [2.75, 3.05) is 10.9 Å². The predicted octanol–water partition coefficient (Wildman–Crippen LogP) is -1.64. The van der Waals surface area contributed by atoms with Crippen LogP contribution in [0, 0.1) is 6.92 Å². The molecule has 0 saturated carbocycles. The van der Waals surface area contributed by atoms with Crippen LogP contribution < -0.4 is 131 Å². The fourth-order valence-corrected chi connectivity index (χ4v) is 14.7. The van der Waals surface area contributed by atoms with Crippen molar-refractivity contribution in [3.8, 4) is 11.5 Å². The minimum Gasteiger partial charge on any atom is -0.744 e. The Hall–Kier alpha value is -6.93. The molecule has 11 rings (SSSR count). The van der Waals surface area contributed by atoms with E-state index in [1.807, 2.05) is 0 Å². The molecule has 0 aliphatic heterocycles. The second-order valence-corrected chi connectivity index (χ2v) is 33.0. The molecule has 4 atom stereocenters. The number of aryl methyl sites for hydroxylation is 1. The molecule has 43 heteroatoms. The van der Waals surface area contributed by atoms with Gasteiger partial charge < -0.3 is 34.6 Å². The summed E-state index contributed by atoms with van der Waals surface area (Å²) < 4.78 is 99.6. The van der Waals surface area contributed by atoms with Crippen molar-refractivity contribution in [2.24, 2.45) is 30.7 Å². The summed E-state index contributed by atoms with van der Waals surface area (Å²) in [4.78, 5) is 46.9. The minimum atomic E-state index is -5.18. The Morgan fingerprint density at radius 3 is 1.27 bits per heavy atom. The summed E-state index contributed by atoms with van der Waals surface area (Å²) in [6, 6.07) is 43.9. The first-order valence-corrected chi connectivity index (χ1v) is 38.6. The number of nitrogens with zero attached hydrogens (tertiary/aromatic N) is 6. The molecule has 0 aliphatic rings. The summed E-state index contributed by atoms with van der Waals surface area (Å²) in [5.74, 6) is -4.66. The molecule has 0 radical (unpaired) electrons. The zero-order valence-corrected chi connectivity index (χ0v) is 66.6. The van der Waals surface area contributed by atoms with E-state index in [4.69, 9.17) is 54.6 Å². The van der Waals surface area contributed by atoms with Crippen LogP contribution in [0.1, 0.15) is 26.3 Å². The van der Waals surface area contributed by atoms with Crippen LogP contribution in [0.15, 0.2) is 247 Å². The van der Waals surface area contributed by atoms with E-state index >= 15 is 0 Å². The smallest absolute Gasteiger partial charge is 0.744 e. The number of hydrogen-bond donors (Lipinski definition) is 8. The maximum absolute atomic E-state index is 13.1. The first kappa shape index (κ1) is 86.0. The molecule has 0 amide bonds. The Morgan fingerprint density at radius 2 is 0.837 bits per heavy atom. The SMILES string of the molecule is Cc1ccc(N=Nc2c(O)c(C(=O)[O-])cc3ccccc23)c(S(=O)(=S)OO)c1.O=C([O-])c1cc2ccccc2c(N=Nc2ccc(S(=O)(=S)OO)cc2S(=O)(=O)[O-])c1O.O=c1ccc(=NNc2ccc(S(=O)(=S)OO)c3ccccc23)c(=O)c1=NNc1ccc(S(=O)(=S)OO)c2ccccc12.[Na+].[Na+].[Na+]. The summed E-state index contributed by atoms with van der Waals surface area (Å²) in [6.45, 7) is 1.72. The van der Waals surface area contributed by atoms with Gasteiger partial charge in [-0.2, -0.15) is 10.2 Å². The van der Waals surface area contributed by atoms with Crippen molar-refractivity contribution in [1.29, 1.82) is 0 Å². The first-order valence-electron chi connectivity index (χ1n) is 27.5. The van der Waals surface area contributed by atoms with Gasteiger partial charge in [-0.25, -0.2) is 46.3 Å². The average Bonchev–Trinajstić information content (AvgIpc) is 0.786. The molecule has 0 aromatic heterocycles. The zero-order valence-electron chi connectivity index (χ0n) is 53.3. The van der Waals surface area contributed by atoms with E-state index in [9.17, 15) is 69.4 Å². The third kappa shape index (κ3) is 19.4. The number of hydrogen-bond acceptors (Lipinski definition) is 35. The van der Waals surface area contributed by atoms with E-state index in [0.717, 1.165) is 24.3 Å². The summed E-state index contributed by atoms with van der Waals surface area (Å²) in [5.41, 5.74) is 3.56. The van der Waals surface area contributed by atoms with E-state index in [2.05, 4.69) is 70.0 Å². The molecule has 0 bridgehead atoms. The molecule has 31 nitrogen and oxygen atoms in total. The molecule has 0 spiro atoms. The third-order valence-corrected chi connectivity index (χ3v) is 22.2. The Balaban J connectivity index is 0.000000247. The molecule has 8 N–H and O–H groups in total. The van der Waals surface area contributed by atoms with Gasteiger partial charge in [-0.3, -0.25) is 20.4 Å². The fourth-order valence-electron chi connectivity index (χ4n) is 9.50. The summed E-state index contributed by atoms with van der Waals surface area (Å²) >= 11 is 19.0. The Morgan fingerprint density at radius 1 is 0.442 bits per heavy atom. The maximum atomic E-state index is 13.1. The number of rotatable bonds is 19. The van der Waals surface area contributed by atoms with Crippen molar-refractivity contribution >= 4 is 179 Å². The molecule has 0 heterocycles. The summed E-state index contributed by atoms with van der Waals surface area (Å²) in [6.07, 6.45) is 0. The van der Waals surface area contributed by atoms with E-state index < -0.39 is 111 Å². The van der Waals surface area contributed by atoms with Gasteiger partial charge in [0.2, 0.25) is 45.9 Å². The number of nitrogens with one attached hydrogen (secondary N) is 2. The number of azo groups is 2. The van der Waals surface area contributed by atoms with Gasteiger partial charge in [-0.05, 0) is 102 Å². The van der Waals surface area contributed by atoms with Gasteiger partial charge in [0, 0.05) is 88.2 Å². The van der Waals surface area contributed by atoms with Crippen LogP contribution in [0.2, 0.25) is 0 Å². The van der Waals surface area contributed by atoms with Crippen molar-refractivity contribution in [2.45, 2.75) is 31.4 Å². The minimum absolute atomic E-state index is 0. The van der Waals surface area contributed by atoms with Crippen molar-refractivity contribution in [1.82, 2.24) is 0 Å². The van der Waals surface area contributed by atoms with E-state index in [1.54, 1.807) is 97.9 Å². The van der Waals surface area contributed by atoms with Gasteiger partial charge in [0.1, 0.15) is 38.2 Å². The Bertz CT molecular complexity index is 6160. The van der Waals surface area contributed by atoms with Crippen LogP contribution in [-0.2, 0) is 107 Å². The molecular formula is C61H41N8Na3O23S9. The zero-order chi connectivity index (χ0) is 73.5. The number of carboxylic acids is 2. The molecule has 0 saturated heterocycles. The van der Waals surface area contributed by atoms with E-state index in [0.29, 0.717) is 60.7 Å². The molecular weight excluding hydrogens is 1570 g/mol. The molecule has 4 unspecified atom stereocenters. The van der Waals surface area contributed by atoms with Gasteiger partial charge in [0.05, 0.1) is 47.8 Å². The molecule has 11 aromatic rings. The number of aromatic carboxylic acids is 2. The molecule has 0 aliphatic carbocycles. The van der Waals surface area contributed by atoms with Gasteiger partial charge in [-0.15, -0.1) is 37.8 Å². The molecule has 0 fully saturated rings. The number of benzene rings is 11. The van der Waals surface area contributed by atoms with Crippen molar-refractivity contribution < 1.29 is 187 Å². The quantitative estimate of drug-likeness (QED) is 0.0148. The standard InChI is InChI=1S/C26H18N4O8S4.C18H14N2O6S2.C17H12N2O9S3.3Na/c31-22-12-9-21(29-27-19-10-13-23(41(35,39)37-33)17-7-3-1-5-15(17)19)26(32)25(22)30-28-20-11-14-24(42(36,40)38-34)18-8-4-2-6-16(18)20;1-10-6-7-14(15(8-10)28(25,27)26-24)19-20-16-12-5-3-2-4-11(12)9-13(17(16)21)18(22)23;20-16-12(17(21)22)7-9-3-1-2-4-11(9)15(16)19-18-13-6-5-10(31(27,29)28-23)8-14(13)30(24,25)26;;;/h1-14,27-28,33-34H;2-9,21,24H,1H3,(H,22,23);1-8,20,23H,(H,21,22)(H,24,25,26);;;/q;;;3*+1/p-3. The van der Waals surface area contributed by atoms with E-state index in [1.165, 1.54) is 60.7 Å². The van der Waals surface area contributed by atoms with Gasteiger partial charge in [0.25, 0.3) is 0 Å². The van der Waals surface area contributed by atoms with E-state index in [-0.39, 0.29) is 131 Å². The number of aromatic hydroxyl groups is 2. The van der Waals surface area contributed by atoms with Crippen LogP contribution in [0.3, 0.4) is 0 Å². The number of carbonyl (C=O) groups is 2. The number of anilines is 2. The second kappa shape index (κ2) is 36.1. The number of phenols is 2. The van der Waals surface area contributed by atoms with Crippen LogP contribution in [0.4, 0.5) is 34.1 Å². The third-order valence-electron chi connectivity index (χ3n) is 14.2. The molecule has 520 valence electrons. The van der Waals surface area contributed by atoms with Crippen LogP contribution in [0.25, 0.3) is 43.1 Å². The number of carboxylic acid groups (broad SMARTS) is 2. The average molecular weight is 1610 g/mol. The number of carbonyl (C=O) groups excluding carboxylic acids is 2. The van der Waals surface area contributed by atoms with Crippen LogP contribution in [-0.4, -0.2) is 73.0 Å². The first-order chi connectivity index (χ1) is 47.8.